The van der Waals surface area contributed by atoms with Gasteiger partial charge in [-0.2, -0.15) is 0 Å². The second-order valence-corrected chi connectivity index (χ2v) is 2.35. The van der Waals surface area contributed by atoms with Gasteiger partial charge in [0, 0.05) is 0 Å². The number of ether oxygens (including phenoxy) is 2. The van der Waals surface area contributed by atoms with Crippen molar-refractivity contribution < 1.29 is 14.3 Å². The van der Waals surface area contributed by atoms with Gasteiger partial charge < -0.3 is 9.47 Å². The maximum Gasteiger partial charge on any atom is 0.231 e. The van der Waals surface area contributed by atoms with Gasteiger partial charge in [-0.15, -0.1) is 0 Å². The van der Waals surface area contributed by atoms with Crippen LogP contribution in [0, 0.1) is 0 Å². The first-order chi connectivity index (χ1) is 5.92. The molecule has 0 amide bonds. The fourth-order valence-corrected chi connectivity index (χ4v) is 1.12. The first-order valence-corrected chi connectivity index (χ1v) is 3.59. The predicted molar refractivity (Wildman–Crippen MR) is 43.2 cm³/mol. The summed E-state index contributed by atoms with van der Waals surface area (Å²) >= 11 is 0. The Kier molecular flexibility index (Phi) is 1.75. The quantitative estimate of drug-likeness (QED) is 0.675. The van der Waals surface area contributed by atoms with Crippen molar-refractivity contribution in [1.82, 2.24) is 0 Å². The molecule has 0 bridgehead atoms. The van der Waals surface area contributed by atoms with Gasteiger partial charge in [0.25, 0.3) is 0 Å². The lowest BCUT2D eigenvalue weighted by Crippen LogP contribution is -1.97. The van der Waals surface area contributed by atoms with Gasteiger partial charge in [0.15, 0.2) is 11.5 Å². The predicted octanol–water partition coefficient (Wildman–Crippen LogP) is 1.39. The molecular weight excluding hydrogens is 158 g/mol. The van der Waals surface area contributed by atoms with Gasteiger partial charge in [-0.25, -0.2) is 0 Å². The Labute approximate surface area is 70.0 Å². The van der Waals surface area contributed by atoms with Crippen molar-refractivity contribution in [3.05, 3.63) is 18.2 Å². The van der Waals surface area contributed by atoms with E-state index in [0.717, 1.165) is 11.4 Å². The van der Waals surface area contributed by atoms with E-state index in [1.165, 1.54) is 0 Å². The second kappa shape index (κ2) is 2.91. The molecule has 1 N–H and O–H groups in total. The third kappa shape index (κ3) is 1.06. The van der Waals surface area contributed by atoms with Gasteiger partial charge >= 0.3 is 0 Å². The Bertz CT molecular complexity index is 288. The first-order valence-electron chi connectivity index (χ1n) is 3.59. The van der Waals surface area contributed by atoms with Crippen LogP contribution in [0.3, 0.4) is 0 Å². The zero-order chi connectivity index (χ0) is 8.39. The largest absolute Gasteiger partial charge is 0.454 e. The van der Waals surface area contributed by atoms with Gasteiger partial charge in [0.2, 0.25) is 6.79 Å². The first kappa shape index (κ1) is 7.24. The zero-order valence-electron chi connectivity index (χ0n) is 6.66. The van der Waals surface area contributed by atoms with Crippen LogP contribution < -0.4 is 15.0 Å². The molecular formula is C8H9NO3. The van der Waals surface area contributed by atoms with Crippen LogP contribution in [0.2, 0.25) is 0 Å². The van der Waals surface area contributed by atoms with Crippen molar-refractivity contribution in [2.45, 2.75) is 0 Å². The summed E-state index contributed by atoms with van der Waals surface area (Å²) < 4.78 is 10.4. The van der Waals surface area contributed by atoms with Crippen LogP contribution >= 0.6 is 0 Å². The van der Waals surface area contributed by atoms with Crippen LogP contribution in [0.5, 0.6) is 11.5 Å². The fraction of sp³-hybridized carbons (Fsp3) is 0.250. The molecule has 64 valence electrons. The maximum absolute atomic E-state index is 5.22. The molecule has 0 spiro atoms. The molecule has 1 aromatic rings. The SMILES string of the molecule is CONc1cccc2c1OCO2. The number of hydrogen-bond acceptors (Lipinski definition) is 4. The van der Waals surface area contributed by atoms with Gasteiger partial charge in [-0.1, -0.05) is 6.07 Å². The summed E-state index contributed by atoms with van der Waals surface area (Å²) in [5.74, 6) is 1.46. The molecule has 0 unspecified atom stereocenters. The Hall–Kier alpha value is -1.42. The van der Waals surface area contributed by atoms with Gasteiger partial charge in [-0.3, -0.25) is 10.3 Å². The average Bonchev–Trinajstić information content (AvgIpc) is 2.53. The van der Waals surface area contributed by atoms with E-state index in [0.29, 0.717) is 5.75 Å². The standard InChI is InChI=1S/C8H9NO3/c1-10-9-6-3-2-4-7-8(6)12-5-11-7/h2-4,9H,5H2,1H3. The van der Waals surface area contributed by atoms with E-state index in [1.54, 1.807) is 7.11 Å². The van der Waals surface area contributed by atoms with Gasteiger partial charge in [0.05, 0.1) is 7.11 Å². The Morgan fingerprint density at radius 2 is 2.33 bits per heavy atom. The van der Waals surface area contributed by atoms with Crippen LogP contribution in [0.1, 0.15) is 0 Å². The van der Waals surface area contributed by atoms with Crippen molar-refractivity contribution in [3.63, 3.8) is 0 Å². The number of anilines is 1. The van der Waals surface area contributed by atoms with Crippen LogP contribution in [-0.2, 0) is 4.84 Å². The van der Waals surface area contributed by atoms with Crippen molar-refractivity contribution in [3.8, 4) is 11.5 Å². The van der Waals surface area contributed by atoms with Crippen molar-refractivity contribution in [2.24, 2.45) is 0 Å². The highest BCUT2D eigenvalue weighted by Crippen LogP contribution is 2.38. The maximum atomic E-state index is 5.22. The zero-order valence-corrected chi connectivity index (χ0v) is 6.66. The lowest BCUT2D eigenvalue weighted by molar-refractivity contribution is 0.173. The Balaban J connectivity index is 2.36. The third-order valence-electron chi connectivity index (χ3n) is 1.61. The summed E-state index contributed by atoms with van der Waals surface area (Å²) in [6.45, 7) is 0.276. The second-order valence-electron chi connectivity index (χ2n) is 2.35. The van der Waals surface area contributed by atoms with E-state index in [2.05, 4.69) is 5.48 Å². The molecule has 1 aliphatic rings. The summed E-state index contributed by atoms with van der Waals surface area (Å²) in [4.78, 5) is 4.77. The van der Waals surface area contributed by atoms with E-state index in [-0.39, 0.29) is 6.79 Å². The van der Waals surface area contributed by atoms with Crippen LogP contribution in [0.4, 0.5) is 5.69 Å². The molecule has 4 nitrogen and oxygen atoms in total. The molecule has 1 aliphatic heterocycles. The van der Waals surface area contributed by atoms with E-state index in [9.17, 15) is 0 Å². The number of hydrogen-bond donors (Lipinski definition) is 1. The summed E-state index contributed by atoms with van der Waals surface area (Å²) in [6, 6.07) is 5.58. The molecule has 0 aromatic heterocycles. The normalized spacial score (nSPS) is 13.1. The topological polar surface area (TPSA) is 39.7 Å². The van der Waals surface area contributed by atoms with Gasteiger partial charge in [0.1, 0.15) is 5.69 Å². The van der Waals surface area contributed by atoms with E-state index >= 15 is 0 Å². The van der Waals surface area contributed by atoms with Crippen LogP contribution in [0.25, 0.3) is 0 Å². The lowest BCUT2D eigenvalue weighted by atomic mass is 10.3. The summed E-state index contributed by atoms with van der Waals surface area (Å²) in [5, 5.41) is 0. The highest BCUT2D eigenvalue weighted by molar-refractivity contribution is 5.63. The lowest BCUT2D eigenvalue weighted by Gasteiger charge is -2.05. The van der Waals surface area contributed by atoms with Gasteiger partial charge in [-0.05, 0) is 12.1 Å². The van der Waals surface area contributed by atoms with Crippen molar-refractivity contribution >= 4 is 5.69 Å². The molecule has 2 rings (SSSR count). The molecule has 0 fully saturated rings. The Morgan fingerprint density at radius 1 is 1.42 bits per heavy atom. The van der Waals surface area contributed by atoms with Crippen LogP contribution in [-0.4, -0.2) is 13.9 Å². The summed E-state index contributed by atoms with van der Waals surface area (Å²) in [7, 11) is 1.55. The van der Waals surface area contributed by atoms with Crippen molar-refractivity contribution in [1.29, 1.82) is 0 Å². The summed E-state index contributed by atoms with van der Waals surface area (Å²) in [6.07, 6.45) is 0. The monoisotopic (exact) mass is 167 g/mol. The number of fused-ring (bicyclic) bond motifs is 1. The summed E-state index contributed by atoms with van der Waals surface area (Å²) in [5.41, 5.74) is 3.49. The highest BCUT2D eigenvalue weighted by atomic mass is 16.7. The van der Waals surface area contributed by atoms with E-state index in [4.69, 9.17) is 14.3 Å². The molecule has 0 aliphatic carbocycles. The van der Waals surface area contributed by atoms with Crippen LogP contribution in [0.15, 0.2) is 18.2 Å². The molecule has 0 saturated carbocycles. The number of benzene rings is 1. The minimum absolute atomic E-state index is 0.276. The number of rotatable bonds is 2. The molecule has 4 heteroatoms. The minimum Gasteiger partial charge on any atom is -0.454 e. The van der Waals surface area contributed by atoms with E-state index in [1.807, 2.05) is 18.2 Å². The molecule has 1 aromatic carbocycles. The number of para-hydroxylation sites is 1. The number of nitrogens with one attached hydrogen (secondary N) is 1. The highest BCUT2D eigenvalue weighted by Gasteiger charge is 2.16. The smallest absolute Gasteiger partial charge is 0.231 e. The van der Waals surface area contributed by atoms with E-state index < -0.39 is 0 Å². The molecule has 0 atom stereocenters. The third-order valence-corrected chi connectivity index (χ3v) is 1.61. The fourth-order valence-electron chi connectivity index (χ4n) is 1.12. The minimum atomic E-state index is 0.276. The molecule has 0 saturated heterocycles. The molecule has 0 radical (unpaired) electrons. The molecule has 1 heterocycles. The average molecular weight is 167 g/mol. The molecule has 12 heavy (non-hydrogen) atoms. The van der Waals surface area contributed by atoms with Crippen molar-refractivity contribution in [2.75, 3.05) is 19.4 Å². The Morgan fingerprint density at radius 3 is 3.17 bits per heavy atom.